The second kappa shape index (κ2) is 7.16. The highest BCUT2D eigenvalue weighted by Crippen LogP contribution is 2.23. The number of rotatable bonds is 7. The predicted octanol–water partition coefficient (Wildman–Crippen LogP) is 3.10. The Morgan fingerprint density at radius 2 is 2.05 bits per heavy atom. The number of benzene rings is 1. The van der Waals surface area contributed by atoms with Gasteiger partial charge >= 0.3 is 0 Å². The molecule has 19 heavy (non-hydrogen) atoms. The monoisotopic (exact) mass is 277 g/mol. The Morgan fingerprint density at radius 3 is 2.74 bits per heavy atom. The first-order valence-corrected chi connectivity index (χ1v) is 7.20. The lowest BCUT2D eigenvalue weighted by Crippen LogP contribution is -2.17. The van der Waals surface area contributed by atoms with Crippen molar-refractivity contribution in [3.05, 3.63) is 46.2 Å². The summed E-state index contributed by atoms with van der Waals surface area (Å²) < 4.78 is 10.6. The molecule has 1 aromatic heterocycles. The Balaban J connectivity index is 1.87. The zero-order chi connectivity index (χ0) is 13.5. The summed E-state index contributed by atoms with van der Waals surface area (Å²) in [4.78, 5) is 0. The van der Waals surface area contributed by atoms with Crippen LogP contribution in [0.5, 0.6) is 11.5 Å². The third-order valence-corrected chi connectivity index (χ3v) is 3.71. The van der Waals surface area contributed by atoms with Gasteiger partial charge in [-0.15, -0.1) is 0 Å². The van der Waals surface area contributed by atoms with E-state index in [1.54, 1.807) is 25.6 Å². The van der Waals surface area contributed by atoms with Gasteiger partial charge in [-0.3, -0.25) is 0 Å². The number of thiophene rings is 1. The van der Waals surface area contributed by atoms with Gasteiger partial charge in [0.1, 0.15) is 11.5 Å². The molecular weight excluding hydrogens is 258 g/mol. The first-order valence-electron chi connectivity index (χ1n) is 6.26. The van der Waals surface area contributed by atoms with Gasteiger partial charge in [-0.25, -0.2) is 0 Å². The number of nitrogens with one attached hydrogen (secondary N) is 1. The standard InChI is InChI=1S/C15H19NO2S/c1-17-14-3-4-15(18-2)13(9-14)10-16-7-5-12-6-8-19-11-12/h3-4,6,8-9,11,16H,5,7,10H2,1-2H3. The summed E-state index contributed by atoms with van der Waals surface area (Å²) in [7, 11) is 3.37. The normalized spacial score (nSPS) is 10.4. The maximum Gasteiger partial charge on any atom is 0.123 e. The molecule has 2 rings (SSSR count). The Morgan fingerprint density at radius 1 is 1.16 bits per heavy atom. The van der Waals surface area contributed by atoms with Crippen LogP contribution >= 0.6 is 11.3 Å². The minimum Gasteiger partial charge on any atom is -0.497 e. The third kappa shape index (κ3) is 3.98. The van der Waals surface area contributed by atoms with E-state index >= 15 is 0 Å². The summed E-state index contributed by atoms with van der Waals surface area (Å²) >= 11 is 1.74. The quantitative estimate of drug-likeness (QED) is 0.789. The van der Waals surface area contributed by atoms with Crippen LogP contribution in [0.3, 0.4) is 0 Å². The molecule has 0 radical (unpaired) electrons. The molecular formula is C15H19NO2S. The molecule has 2 aromatic rings. The van der Waals surface area contributed by atoms with Crippen LogP contribution in [0, 0.1) is 0 Å². The smallest absolute Gasteiger partial charge is 0.123 e. The Bertz CT molecular complexity index is 497. The summed E-state index contributed by atoms with van der Waals surface area (Å²) in [6, 6.07) is 8.03. The molecule has 0 aliphatic carbocycles. The Labute approximate surface area is 118 Å². The van der Waals surface area contributed by atoms with Gasteiger partial charge in [0.05, 0.1) is 14.2 Å². The van der Waals surface area contributed by atoms with Crippen molar-refractivity contribution in [3.8, 4) is 11.5 Å². The van der Waals surface area contributed by atoms with Gasteiger partial charge in [-0.2, -0.15) is 11.3 Å². The van der Waals surface area contributed by atoms with E-state index in [1.807, 2.05) is 18.2 Å². The highest BCUT2D eigenvalue weighted by Gasteiger charge is 2.04. The second-order valence-electron chi connectivity index (χ2n) is 4.24. The van der Waals surface area contributed by atoms with Crippen molar-refractivity contribution in [1.29, 1.82) is 0 Å². The maximum atomic E-state index is 5.35. The van der Waals surface area contributed by atoms with Gasteiger partial charge in [0, 0.05) is 12.1 Å². The van der Waals surface area contributed by atoms with E-state index in [1.165, 1.54) is 5.56 Å². The first kappa shape index (κ1) is 13.9. The minimum absolute atomic E-state index is 0.782. The predicted molar refractivity (Wildman–Crippen MR) is 79.3 cm³/mol. The number of ether oxygens (including phenoxy) is 2. The molecule has 102 valence electrons. The molecule has 1 aromatic carbocycles. The fourth-order valence-corrected chi connectivity index (χ4v) is 2.61. The molecule has 0 saturated heterocycles. The van der Waals surface area contributed by atoms with Crippen molar-refractivity contribution in [2.24, 2.45) is 0 Å². The van der Waals surface area contributed by atoms with Gasteiger partial charge < -0.3 is 14.8 Å². The second-order valence-corrected chi connectivity index (χ2v) is 5.02. The number of hydrogen-bond acceptors (Lipinski definition) is 4. The van der Waals surface area contributed by atoms with Crippen molar-refractivity contribution < 1.29 is 9.47 Å². The molecule has 0 aliphatic heterocycles. The van der Waals surface area contributed by atoms with E-state index in [-0.39, 0.29) is 0 Å². The van der Waals surface area contributed by atoms with Gasteiger partial charge in [-0.1, -0.05) is 0 Å². The van der Waals surface area contributed by atoms with Crippen molar-refractivity contribution in [2.75, 3.05) is 20.8 Å². The summed E-state index contributed by atoms with van der Waals surface area (Å²) in [6.07, 6.45) is 1.05. The lowest BCUT2D eigenvalue weighted by atomic mass is 10.2. The van der Waals surface area contributed by atoms with Gasteiger partial charge in [0.2, 0.25) is 0 Å². The van der Waals surface area contributed by atoms with Crippen molar-refractivity contribution in [1.82, 2.24) is 5.32 Å². The zero-order valence-corrected chi connectivity index (χ0v) is 12.1. The summed E-state index contributed by atoms with van der Waals surface area (Å²) in [6.45, 7) is 1.74. The van der Waals surface area contributed by atoms with Crippen LogP contribution in [0.1, 0.15) is 11.1 Å². The summed E-state index contributed by atoms with van der Waals surface area (Å²) in [5, 5.41) is 7.73. The molecule has 0 spiro atoms. The van der Waals surface area contributed by atoms with Crippen LogP contribution in [0.15, 0.2) is 35.0 Å². The molecule has 1 N–H and O–H groups in total. The van der Waals surface area contributed by atoms with Gasteiger partial charge in [-0.05, 0) is 53.6 Å². The molecule has 3 nitrogen and oxygen atoms in total. The van der Waals surface area contributed by atoms with Crippen LogP contribution in [0.2, 0.25) is 0 Å². The number of methoxy groups -OCH3 is 2. The van der Waals surface area contributed by atoms with Crippen LogP contribution in [-0.4, -0.2) is 20.8 Å². The Hall–Kier alpha value is -1.52. The lowest BCUT2D eigenvalue weighted by molar-refractivity contribution is 0.397. The fourth-order valence-electron chi connectivity index (χ4n) is 1.91. The third-order valence-electron chi connectivity index (χ3n) is 2.97. The maximum absolute atomic E-state index is 5.35. The summed E-state index contributed by atoms with van der Waals surface area (Å²) in [5.74, 6) is 1.75. The van der Waals surface area contributed by atoms with Gasteiger partial charge in [0.15, 0.2) is 0 Å². The molecule has 0 atom stereocenters. The van der Waals surface area contributed by atoms with E-state index < -0.39 is 0 Å². The average molecular weight is 277 g/mol. The minimum atomic E-state index is 0.782. The van der Waals surface area contributed by atoms with Crippen LogP contribution in [0.4, 0.5) is 0 Å². The topological polar surface area (TPSA) is 30.5 Å². The molecule has 0 saturated carbocycles. The molecule has 4 heteroatoms. The highest BCUT2D eigenvalue weighted by atomic mass is 32.1. The molecule has 1 heterocycles. The molecule has 0 unspecified atom stereocenters. The molecule has 0 fully saturated rings. The van der Waals surface area contributed by atoms with E-state index in [9.17, 15) is 0 Å². The van der Waals surface area contributed by atoms with Crippen LogP contribution in [0.25, 0.3) is 0 Å². The molecule has 0 bridgehead atoms. The largest absolute Gasteiger partial charge is 0.497 e. The summed E-state index contributed by atoms with van der Waals surface area (Å²) in [5.41, 5.74) is 2.50. The molecule has 0 amide bonds. The fraction of sp³-hybridized carbons (Fsp3) is 0.333. The zero-order valence-electron chi connectivity index (χ0n) is 11.3. The van der Waals surface area contributed by atoms with Gasteiger partial charge in [0.25, 0.3) is 0 Å². The van der Waals surface area contributed by atoms with E-state index in [4.69, 9.17) is 9.47 Å². The van der Waals surface area contributed by atoms with E-state index in [2.05, 4.69) is 22.1 Å². The highest BCUT2D eigenvalue weighted by molar-refractivity contribution is 7.07. The van der Waals surface area contributed by atoms with E-state index in [0.29, 0.717) is 0 Å². The van der Waals surface area contributed by atoms with Crippen molar-refractivity contribution in [3.63, 3.8) is 0 Å². The van der Waals surface area contributed by atoms with Crippen molar-refractivity contribution in [2.45, 2.75) is 13.0 Å². The molecule has 0 aliphatic rings. The lowest BCUT2D eigenvalue weighted by Gasteiger charge is -2.11. The van der Waals surface area contributed by atoms with Crippen LogP contribution in [-0.2, 0) is 13.0 Å². The first-order chi connectivity index (χ1) is 9.33. The van der Waals surface area contributed by atoms with E-state index in [0.717, 1.165) is 36.6 Å². The SMILES string of the molecule is COc1ccc(OC)c(CNCCc2ccsc2)c1. The van der Waals surface area contributed by atoms with Crippen molar-refractivity contribution >= 4 is 11.3 Å². The number of hydrogen-bond donors (Lipinski definition) is 1. The van der Waals surface area contributed by atoms with Crippen LogP contribution < -0.4 is 14.8 Å². The Kier molecular flexibility index (Phi) is 5.24. The average Bonchev–Trinajstić information content (AvgIpc) is 2.96.